The number of carboxylic acid groups (broad SMARTS) is 1. The first-order valence-electron chi connectivity index (χ1n) is 5.99. The Morgan fingerprint density at radius 3 is 2.95 bits per heavy atom. The summed E-state index contributed by atoms with van der Waals surface area (Å²) in [5.74, 6) is 0.195. The van der Waals surface area contributed by atoms with Gasteiger partial charge in [0.25, 0.3) is 0 Å². The number of benzene rings is 1. The first-order chi connectivity index (χ1) is 9.67. The van der Waals surface area contributed by atoms with Gasteiger partial charge in [-0.15, -0.1) is 0 Å². The van der Waals surface area contributed by atoms with E-state index in [0.29, 0.717) is 12.3 Å². The number of ether oxygens (including phenoxy) is 1. The summed E-state index contributed by atoms with van der Waals surface area (Å²) in [5.41, 5.74) is 0.928. The van der Waals surface area contributed by atoms with Crippen molar-refractivity contribution in [1.82, 2.24) is 9.72 Å². The van der Waals surface area contributed by atoms with E-state index in [2.05, 4.69) is 5.16 Å². The highest BCUT2D eigenvalue weighted by Crippen LogP contribution is 2.22. The van der Waals surface area contributed by atoms with Gasteiger partial charge in [0.1, 0.15) is 5.75 Å². The summed E-state index contributed by atoms with van der Waals surface area (Å²) in [6, 6.07) is 9.16. The molecule has 0 fully saturated rings. The average Bonchev–Trinajstić information content (AvgIpc) is 3.06. The lowest BCUT2D eigenvalue weighted by atomic mass is 10.2. The number of fused-ring (bicyclic) bond motifs is 1. The lowest BCUT2D eigenvalue weighted by Crippen LogP contribution is -1.97. The number of hydrogen-bond acceptors (Lipinski definition) is 4. The van der Waals surface area contributed by atoms with Crippen molar-refractivity contribution in [3.8, 4) is 5.75 Å². The van der Waals surface area contributed by atoms with Crippen LogP contribution in [-0.4, -0.2) is 27.9 Å². The Bertz CT molecular complexity index is 772. The van der Waals surface area contributed by atoms with Gasteiger partial charge in [-0.05, 0) is 24.3 Å². The van der Waals surface area contributed by atoms with Crippen LogP contribution in [0.1, 0.15) is 16.2 Å². The summed E-state index contributed by atoms with van der Waals surface area (Å²) in [6.45, 7) is 0.427. The minimum Gasteiger partial charge on any atom is -0.497 e. The highest BCUT2D eigenvalue weighted by molar-refractivity contribution is 5.85. The quantitative estimate of drug-likeness (QED) is 0.789. The molecule has 1 aromatic carbocycles. The second-order valence-corrected chi connectivity index (χ2v) is 4.35. The van der Waals surface area contributed by atoms with Crippen LogP contribution < -0.4 is 4.74 Å². The normalized spacial score (nSPS) is 10.8. The van der Waals surface area contributed by atoms with Crippen LogP contribution in [0.15, 0.2) is 41.1 Å². The van der Waals surface area contributed by atoms with Crippen LogP contribution in [0.2, 0.25) is 0 Å². The molecule has 0 atom stereocenters. The Kier molecular flexibility index (Phi) is 2.90. The molecule has 0 aliphatic heterocycles. The van der Waals surface area contributed by atoms with Gasteiger partial charge in [-0.3, -0.25) is 0 Å². The molecule has 0 saturated heterocycles. The lowest BCUT2D eigenvalue weighted by molar-refractivity contribution is 0.0685. The summed E-state index contributed by atoms with van der Waals surface area (Å²) in [7, 11) is 1.63. The van der Waals surface area contributed by atoms with Crippen molar-refractivity contribution in [2.24, 2.45) is 0 Å². The topological polar surface area (TPSA) is 77.5 Å². The van der Waals surface area contributed by atoms with Gasteiger partial charge in [-0.1, -0.05) is 5.16 Å². The third kappa shape index (κ3) is 2.11. The smallest absolute Gasteiger partial charge is 0.358 e. The molecule has 0 unspecified atom stereocenters. The number of rotatable bonds is 4. The van der Waals surface area contributed by atoms with E-state index in [4.69, 9.17) is 14.4 Å². The van der Waals surface area contributed by atoms with E-state index in [1.165, 1.54) is 6.07 Å². The number of methoxy groups -OCH3 is 1. The Balaban J connectivity index is 1.92. The molecular weight excluding hydrogens is 260 g/mol. The maximum absolute atomic E-state index is 10.8. The van der Waals surface area contributed by atoms with Crippen molar-refractivity contribution < 1.29 is 19.2 Å². The zero-order valence-corrected chi connectivity index (χ0v) is 10.7. The van der Waals surface area contributed by atoms with Crippen LogP contribution in [-0.2, 0) is 6.54 Å². The van der Waals surface area contributed by atoms with Crippen LogP contribution in [0.4, 0.5) is 0 Å². The fourth-order valence-corrected chi connectivity index (χ4v) is 2.10. The summed E-state index contributed by atoms with van der Waals surface area (Å²) in [4.78, 5) is 10.8. The highest BCUT2D eigenvalue weighted by Gasteiger charge is 2.12. The minimum absolute atomic E-state index is 0.0851. The Labute approximate surface area is 114 Å². The summed E-state index contributed by atoms with van der Waals surface area (Å²) >= 11 is 0. The van der Waals surface area contributed by atoms with E-state index in [0.717, 1.165) is 16.7 Å². The molecule has 102 valence electrons. The third-order valence-corrected chi connectivity index (χ3v) is 3.08. The maximum atomic E-state index is 10.8. The van der Waals surface area contributed by atoms with E-state index < -0.39 is 5.97 Å². The van der Waals surface area contributed by atoms with Gasteiger partial charge < -0.3 is 18.9 Å². The van der Waals surface area contributed by atoms with Gasteiger partial charge in [0, 0.05) is 23.2 Å². The molecule has 6 nitrogen and oxygen atoms in total. The number of carbonyl (C=O) groups is 1. The highest BCUT2D eigenvalue weighted by atomic mass is 16.5. The fraction of sp³-hybridized carbons (Fsp3) is 0.143. The molecule has 2 aromatic heterocycles. The summed E-state index contributed by atoms with van der Waals surface area (Å²) < 4.78 is 12.2. The van der Waals surface area contributed by atoms with Gasteiger partial charge >= 0.3 is 5.97 Å². The van der Waals surface area contributed by atoms with Crippen molar-refractivity contribution in [3.63, 3.8) is 0 Å². The molecule has 1 N–H and O–H groups in total. The van der Waals surface area contributed by atoms with Crippen LogP contribution in [0.5, 0.6) is 5.75 Å². The molecular formula is C14H12N2O4. The van der Waals surface area contributed by atoms with Crippen LogP contribution in [0, 0.1) is 0 Å². The number of aromatic carboxylic acids is 1. The molecule has 20 heavy (non-hydrogen) atoms. The molecule has 0 aliphatic carbocycles. The lowest BCUT2D eigenvalue weighted by Gasteiger charge is -2.03. The van der Waals surface area contributed by atoms with Crippen LogP contribution in [0.3, 0.4) is 0 Å². The molecule has 6 heteroatoms. The third-order valence-electron chi connectivity index (χ3n) is 3.08. The number of hydrogen-bond donors (Lipinski definition) is 1. The van der Waals surface area contributed by atoms with Crippen molar-refractivity contribution in [1.29, 1.82) is 0 Å². The second kappa shape index (κ2) is 4.73. The van der Waals surface area contributed by atoms with Gasteiger partial charge in [-0.25, -0.2) is 4.79 Å². The molecule has 0 aliphatic rings. The minimum atomic E-state index is -1.10. The first-order valence-corrected chi connectivity index (χ1v) is 5.99. The van der Waals surface area contributed by atoms with Gasteiger partial charge in [-0.2, -0.15) is 0 Å². The van der Waals surface area contributed by atoms with Gasteiger partial charge in [0.2, 0.25) is 0 Å². The fourth-order valence-electron chi connectivity index (χ4n) is 2.10. The SMILES string of the molecule is COc1ccc2c(ccn2Cc2cc(C(=O)O)no2)c1. The zero-order valence-electron chi connectivity index (χ0n) is 10.7. The molecule has 2 heterocycles. The van der Waals surface area contributed by atoms with Crippen molar-refractivity contribution in [3.05, 3.63) is 48.0 Å². The van der Waals surface area contributed by atoms with E-state index in [9.17, 15) is 4.79 Å². The molecule has 0 spiro atoms. The summed E-state index contributed by atoms with van der Waals surface area (Å²) in [6.07, 6.45) is 1.91. The predicted octanol–water partition coefficient (Wildman–Crippen LogP) is 2.38. The first kappa shape index (κ1) is 12.3. The molecule has 3 aromatic rings. The molecule has 0 bridgehead atoms. The molecule has 0 saturated carbocycles. The van der Waals surface area contributed by atoms with Crippen LogP contribution >= 0.6 is 0 Å². The molecule has 0 radical (unpaired) electrons. The van der Waals surface area contributed by atoms with E-state index in [-0.39, 0.29) is 5.69 Å². The maximum Gasteiger partial charge on any atom is 0.358 e. The molecule has 3 rings (SSSR count). The molecule has 0 amide bonds. The predicted molar refractivity (Wildman–Crippen MR) is 71.1 cm³/mol. The monoisotopic (exact) mass is 272 g/mol. The Morgan fingerprint density at radius 2 is 2.25 bits per heavy atom. The zero-order chi connectivity index (χ0) is 14.1. The standard InChI is InChI=1S/C14H12N2O4/c1-19-10-2-3-13-9(6-10)4-5-16(13)8-11-7-12(14(17)18)15-20-11/h2-7H,8H2,1H3,(H,17,18). The van der Waals surface area contributed by atoms with E-state index in [1.807, 2.05) is 35.0 Å². The summed E-state index contributed by atoms with van der Waals surface area (Å²) in [5, 5.41) is 13.4. The van der Waals surface area contributed by atoms with E-state index >= 15 is 0 Å². The van der Waals surface area contributed by atoms with E-state index in [1.54, 1.807) is 7.11 Å². The average molecular weight is 272 g/mol. The second-order valence-electron chi connectivity index (χ2n) is 4.35. The number of carboxylic acids is 1. The van der Waals surface area contributed by atoms with Crippen molar-refractivity contribution >= 4 is 16.9 Å². The number of aromatic nitrogens is 2. The van der Waals surface area contributed by atoms with Crippen LogP contribution in [0.25, 0.3) is 10.9 Å². The van der Waals surface area contributed by atoms with Crippen molar-refractivity contribution in [2.45, 2.75) is 6.54 Å². The largest absolute Gasteiger partial charge is 0.497 e. The Morgan fingerprint density at radius 1 is 1.40 bits per heavy atom. The van der Waals surface area contributed by atoms with Gasteiger partial charge in [0.15, 0.2) is 11.5 Å². The van der Waals surface area contributed by atoms with Crippen molar-refractivity contribution in [2.75, 3.05) is 7.11 Å². The van der Waals surface area contributed by atoms with Gasteiger partial charge in [0.05, 0.1) is 13.7 Å². The Hall–Kier alpha value is -2.76. The number of nitrogens with zero attached hydrogens (tertiary/aromatic N) is 2.